The molecule has 2 atom stereocenters. The summed E-state index contributed by atoms with van der Waals surface area (Å²) in [5, 5.41) is 12.2. The van der Waals surface area contributed by atoms with Crippen LogP contribution in [0.4, 0.5) is 0 Å². The summed E-state index contributed by atoms with van der Waals surface area (Å²) in [5.74, 6) is -0.609. The highest BCUT2D eigenvalue weighted by Gasteiger charge is 2.34. The zero-order valence-corrected chi connectivity index (χ0v) is 10.6. The van der Waals surface area contributed by atoms with E-state index < -0.39 is 12.0 Å². The number of hydrogen-bond donors (Lipinski definition) is 2. The number of carboxylic acid groups (broad SMARTS) is 1. The van der Waals surface area contributed by atoms with Gasteiger partial charge in [-0.05, 0) is 31.7 Å². The van der Waals surface area contributed by atoms with E-state index in [1.807, 2.05) is 13.8 Å². The Bertz CT molecular complexity index is 281. The molecule has 0 bridgehead atoms. The lowest BCUT2D eigenvalue weighted by Gasteiger charge is -2.36. The Labute approximate surface area is 102 Å². The molecule has 0 aromatic rings. The number of nitrogens with zero attached hydrogens (tertiary/aromatic N) is 1. The molecule has 0 aromatic heterocycles. The average Bonchev–Trinajstić information content (AvgIpc) is 2.29. The quantitative estimate of drug-likeness (QED) is 0.696. The van der Waals surface area contributed by atoms with E-state index in [0.717, 1.165) is 19.4 Å². The summed E-state index contributed by atoms with van der Waals surface area (Å²) in [6, 6.07) is -0.644. The van der Waals surface area contributed by atoms with Crippen LogP contribution in [0.3, 0.4) is 0 Å². The van der Waals surface area contributed by atoms with Crippen molar-refractivity contribution in [1.82, 2.24) is 10.2 Å². The standard InChI is InChI=1S/C12H22N2O3/c1-3-5-13-8-11(15)14-6-4-9(2)7-10(14)12(16)17/h9-10,13H,3-8H2,1-2H3,(H,16,17). The lowest BCUT2D eigenvalue weighted by molar-refractivity contribution is -0.152. The first-order chi connectivity index (χ1) is 8.06. The van der Waals surface area contributed by atoms with Crippen LogP contribution in [-0.2, 0) is 9.59 Å². The molecule has 5 heteroatoms. The summed E-state index contributed by atoms with van der Waals surface area (Å²) in [6.45, 7) is 5.65. The Morgan fingerprint density at radius 2 is 2.18 bits per heavy atom. The molecule has 1 aliphatic heterocycles. The Kier molecular flexibility index (Phi) is 5.41. The topological polar surface area (TPSA) is 69.6 Å². The van der Waals surface area contributed by atoms with E-state index in [9.17, 15) is 9.59 Å². The van der Waals surface area contributed by atoms with Gasteiger partial charge < -0.3 is 15.3 Å². The molecule has 1 fully saturated rings. The predicted octanol–water partition coefficient (Wildman–Crippen LogP) is 0.698. The van der Waals surface area contributed by atoms with Crippen molar-refractivity contribution >= 4 is 11.9 Å². The molecule has 0 saturated carbocycles. The van der Waals surface area contributed by atoms with Crippen LogP contribution in [0.5, 0.6) is 0 Å². The molecule has 0 spiro atoms. The molecule has 1 saturated heterocycles. The number of nitrogens with one attached hydrogen (secondary N) is 1. The van der Waals surface area contributed by atoms with Gasteiger partial charge in [0.1, 0.15) is 6.04 Å². The zero-order chi connectivity index (χ0) is 12.8. The number of carboxylic acids is 1. The summed E-state index contributed by atoms with van der Waals surface area (Å²) >= 11 is 0. The largest absolute Gasteiger partial charge is 0.480 e. The number of amides is 1. The van der Waals surface area contributed by atoms with Gasteiger partial charge in [-0.1, -0.05) is 13.8 Å². The third-order valence-electron chi connectivity index (χ3n) is 3.17. The first-order valence-electron chi connectivity index (χ1n) is 6.29. The van der Waals surface area contributed by atoms with Crippen molar-refractivity contribution in [3.63, 3.8) is 0 Å². The van der Waals surface area contributed by atoms with Crippen LogP contribution in [0.1, 0.15) is 33.1 Å². The van der Waals surface area contributed by atoms with Gasteiger partial charge in [-0.15, -0.1) is 0 Å². The van der Waals surface area contributed by atoms with Crippen molar-refractivity contribution in [3.05, 3.63) is 0 Å². The zero-order valence-electron chi connectivity index (χ0n) is 10.6. The lowest BCUT2D eigenvalue weighted by Crippen LogP contribution is -2.52. The fourth-order valence-corrected chi connectivity index (χ4v) is 2.15. The SMILES string of the molecule is CCCNCC(=O)N1CCC(C)CC1C(=O)O. The second-order valence-corrected chi connectivity index (χ2v) is 4.75. The van der Waals surface area contributed by atoms with Crippen LogP contribution >= 0.6 is 0 Å². The normalized spacial score (nSPS) is 24.7. The number of hydrogen-bond acceptors (Lipinski definition) is 3. The van der Waals surface area contributed by atoms with Crippen molar-refractivity contribution in [1.29, 1.82) is 0 Å². The minimum atomic E-state index is -0.889. The molecule has 1 rings (SSSR count). The maximum absolute atomic E-state index is 11.9. The van der Waals surface area contributed by atoms with Gasteiger partial charge in [0.2, 0.25) is 5.91 Å². The smallest absolute Gasteiger partial charge is 0.326 e. The first kappa shape index (κ1) is 14.0. The summed E-state index contributed by atoms with van der Waals surface area (Å²) in [7, 11) is 0. The molecule has 0 aromatic carbocycles. The van der Waals surface area contributed by atoms with Crippen LogP contribution < -0.4 is 5.32 Å². The highest BCUT2D eigenvalue weighted by molar-refractivity contribution is 5.85. The molecule has 1 heterocycles. The van der Waals surface area contributed by atoms with Crippen molar-refractivity contribution in [2.75, 3.05) is 19.6 Å². The Morgan fingerprint density at radius 3 is 2.76 bits per heavy atom. The van der Waals surface area contributed by atoms with Crippen molar-refractivity contribution in [3.8, 4) is 0 Å². The van der Waals surface area contributed by atoms with E-state index in [-0.39, 0.29) is 12.5 Å². The highest BCUT2D eigenvalue weighted by atomic mass is 16.4. The molecule has 98 valence electrons. The number of piperidine rings is 1. The highest BCUT2D eigenvalue weighted by Crippen LogP contribution is 2.22. The number of rotatable bonds is 5. The summed E-state index contributed by atoms with van der Waals surface area (Å²) in [4.78, 5) is 24.5. The van der Waals surface area contributed by atoms with Gasteiger partial charge in [0.15, 0.2) is 0 Å². The first-order valence-corrected chi connectivity index (χ1v) is 6.29. The van der Waals surface area contributed by atoms with Crippen molar-refractivity contribution < 1.29 is 14.7 Å². The van der Waals surface area contributed by atoms with Crippen LogP contribution in [0, 0.1) is 5.92 Å². The molecular weight excluding hydrogens is 220 g/mol. The van der Waals surface area contributed by atoms with E-state index in [0.29, 0.717) is 18.9 Å². The maximum Gasteiger partial charge on any atom is 0.326 e. The second kappa shape index (κ2) is 6.59. The Hall–Kier alpha value is -1.10. The van der Waals surface area contributed by atoms with Crippen LogP contribution in [0.2, 0.25) is 0 Å². The van der Waals surface area contributed by atoms with Crippen molar-refractivity contribution in [2.45, 2.75) is 39.2 Å². The summed E-state index contributed by atoms with van der Waals surface area (Å²) in [6.07, 6.45) is 2.42. The minimum Gasteiger partial charge on any atom is -0.480 e. The van der Waals surface area contributed by atoms with Gasteiger partial charge in [0, 0.05) is 6.54 Å². The third-order valence-corrected chi connectivity index (χ3v) is 3.17. The van der Waals surface area contributed by atoms with Gasteiger partial charge in [-0.25, -0.2) is 4.79 Å². The lowest BCUT2D eigenvalue weighted by atomic mass is 9.92. The monoisotopic (exact) mass is 242 g/mol. The molecule has 2 N–H and O–H groups in total. The summed E-state index contributed by atoms with van der Waals surface area (Å²) in [5.41, 5.74) is 0. The van der Waals surface area contributed by atoms with Crippen molar-refractivity contribution in [2.24, 2.45) is 5.92 Å². The van der Waals surface area contributed by atoms with Crippen LogP contribution in [0.15, 0.2) is 0 Å². The molecule has 5 nitrogen and oxygen atoms in total. The fourth-order valence-electron chi connectivity index (χ4n) is 2.15. The van der Waals surface area contributed by atoms with E-state index in [4.69, 9.17) is 5.11 Å². The van der Waals surface area contributed by atoms with Crippen LogP contribution in [0.25, 0.3) is 0 Å². The molecule has 0 aliphatic carbocycles. The molecule has 2 unspecified atom stereocenters. The molecule has 0 radical (unpaired) electrons. The number of aliphatic carboxylic acids is 1. The summed E-state index contributed by atoms with van der Waals surface area (Å²) < 4.78 is 0. The third kappa shape index (κ3) is 4.00. The maximum atomic E-state index is 11.9. The predicted molar refractivity (Wildman–Crippen MR) is 64.7 cm³/mol. The van der Waals surface area contributed by atoms with E-state index in [1.165, 1.54) is 4.90 Å². The molecule has 1 aliphatic rings. The average molecular weight is 242 g/mol. The fraction of sp³-hybridized carbons (Fsp3) is 0.833. The number of carbonyl (C=O) groups excluding carboxylic acids is 1. The Balaban J connectivity index is 2.54. The Morgan fingerprint density at radius 1 is 1.47 bits per heavy atom. The van der Waals surface area contributed by atoms with Gasteiger partial charge >= 0.3 is 5.97 Å². The van der Waals surface area contributed by atoms with Gasteiger partial charge in [0.05, 0.1) is 6.54 Å². The molecular formula is C12H22N2O3. The molecule has 17 heavy (non-hydrogen) atoms. The second-order valence-electron chi connectivity index (χ2n) is 4.75. The number of likely N-dealkylation sites (tertiary alicyclic amines) is 1. The van der Waals surface area contributed by atoms with Gasteiger partial charge in [-0.2, -0.15) is 0 Å². The van der Waals surface area contributed by atoms with E-state index in [2.05, 4.69) is 5.32 Å². The minimum absolute atomic E-state index is 0.0993. The number of carbonyl (C=O) groups is 2. The van der Waals surface area contributed by atoms with E-state index >= 15 is 0 Å². The van der Waals surface area contributed by atoms with Gasteiger partial charge in [-0.3, -0.25) is 4.79 Å². The van der Waals surface area contributed by atoms with Gasteiger partial charge in [0.25, 0.3) is 0 Å². The van der Waals surface area contributed by atoms with E-state index in [1.54, 1.807) is 0 Å². The molecule has 1 amide bonds. The van der Waals surface area contributed by atoms with Crippen LogP contribution in [-0.4, -0.2) is 47.6 Å².